The molecule has 1 amide bonds. The first-order valence-electron chi connectivity index (χ1n) is 6.21. The Morgan fingerprint density at radius 2 is 2.11 bits per heavy atom. The highest BCUT2D eigenvalue weighted by molar-refractivity contribution is 5.94. The third-order valence-corrected chi connectivity index (χ3v) is 2.75. The Bertz CT molecular complexity index is 506. The molecular weight excluding hydrogens is 242 g/mol. The van der Waals surface area contributed by atoms with Crippen molar-refractivity contribution in [2.75, 3.05) is 13.1 Å². The zero-order chi connectivity index (χ0) is 13.5. The average molecular weight is 259 g/mol. The molecule has 19 heavy (non-hydrogen) atoms. The summed E-state index contributed by atoms with van der Waals surface area (Å²) in [5, 5.41) is 10.4. The molecule has 0 saturated heterocycles. The van der Waals surface area contributed by atoms with E-state index in [0.29, 0.717) is 25.2 Å². The number of rotatable bonds is 6. The molecule has 0 aliphatic heterocycles. The van der Waals surface area contributed by atoms with Crippen molar-refractivity contribution in [3.63, 3.8) is 0 Å². The van der Waals surface area contributed by atoms with E-state index in [4.69, 9.17) is 5.73 Å². The monoisotopic (exact) mass is 259 g/mol. The van der Waals surface area contributed by atoms with Crippen molar-refractivity contribution >= 4 is 5.91 Å². The van der Waals surface area contributed by atoms with Gasteiger partial charge < -0.3 is 11.1 Å². The third-order valence-electron chi connectivity index (χ3n) is 2.75. The molecule has 100 valence electrons. The molecule has 3 N–H and O–H groups in total. The van der Waals surface area contributed by atoms with Crippen LogP contribution in [0.5, 0.6) is 0 Å². The highest BCUT2D eigenvalue weighted by atomic mass is 16.1. The SMILES string of the molecule is NCCc1ccc(C(=O)NCCn2ccnn2)cc1. The van der Waals surface area contributed by atoms with Gasteiger partial charge in [0.2, 0.25) is 0 Å². The second-order valence-corrected chi connectivity index (χ2v) is 4.16. The van der Waals surface area contributed by atoms with Crippen LogP contribution in [0.2, 0.25) is 0 Å². The molecular formula is C13H17N5O. The molecule has 0 bridgehead atoms. The molecule has 0 aliphatic carbocycles. The predicted octanol–water partition coefficient (Wildman–Crippen LogP) is 0.209. The van der Waals surface area contributed by atoms with Gasteiger partial charge in [0.1, 0.15) is 0 Å². The van der Waals surface area contributed by atoms with E-state index < -0.39 is 0 Å². The lowest BCUT2D eigenvalue weighted by Gasteiger charge is -2.06. The van der Waals surface area contributed by atoms with Crippen molar-refractivity contribution in [2.24, 2.45) is 5.73 Å². The van der Waals surface area contributed by atoms with Gasteiger partial charge in [-0.1, -0.05) is 17.3 Å². The van der Waals surface area contributed by atoms with E-state index in [-0.39, 0.29) is 5.91 Å². The van der Waals surface area contributed by atoms with Gasteiger partial charge in [0.25, 0.3) is 5.91 Å². The van der Waals surface area contributed by atoms with Crippen LogP contribution in [0.25, 0.3) is 0 Å². The van der Waals surface area contributed by atoms with Crippen LogP contribution < -0.4 is 11.1 Å². The van der Waals surface area contributed by atoms with E-state index in [1.165, 1.54) is 0 Å². The summed E-state index contributed by atoms with van der Waals surface area (Å²) in [4.78, 5) is 11.9. The second-order valence-electron chi connectivity index (χ2n) is 4.16. The minimum atomic E-state index is -0.0839. The number of carbonyl (C=O) groups excluding carboxylic acids is 1. The Labute approximate surface area is 111 Å². The predicted molar refractivity (Wildman–Crippen MR) is 71.6 cm³/mol. The molecule has 2 rings (SSSR count). The van der Waals surface area contributed by atoms with Crippen LogP contribution in [0.4, 0.5) is 0 Å². The van der Waals surface area contributed by atoms with Gasteiger partial charge in [0.15, 0.2) is 0 Å². The number of nitrogens with two attached hydrogens (primary N) is 1. The fourth-order valence-electron chi connectivity index (χ4n) is 1.73. The Balaban J connectivity index is 1.82. The van der Waals surface area contributed by atoms with Crippen LogP contribution in [0.1, 0.15) is 15.9 Å². The summed E-state index contributed by atoms with van der Waals surface area (Å²) >= 11 is 0. The number of hydrogen-bond acceptors (Lipinski definition) is 4. The van der Waals surface area contributed by atoms with Crippen LogP contribution in [0, 0.1) is 0 Å². The number of amides is 1. The van der Waals surface area contributed by atoms with Gasteiger partial charge in [-0.3, -0.25) is 9.48 Å². The molecule has 0 saturated carbocycles. The molecule has 1 heterocycles. The van der Waals surface area contributed by atoms with Gasteiger partial charge in [-0.25, -0.2) is 0 Å². The van der Waals surface area contributed by atoms with Crippen molar-refractivity contribution < 1.29 is 4.79 Å². The standard InChI is InChI=1S/C13H17N5O/c14-6-5-11-1-3-12(4-2-11)13(19)15-7-9-18-10-8-16-17-18/h1-4,8,10H,5-7,9,14H2,(H,15,19). The molecule has 1 aromatic carbocycles. The topological polar surface area (TPSA) is 85.8 Å². The van der Waals surface area contributed by atoms with Crippen LogP contribution in [-0.2, 0) is 13.0 Å². The summed E-state index contributed by atoms with van der Waals surface area (Å²) in [5.74, 6) is -0.0839. The minimum absolute atomic E-state index is 0.0839. The first-order chi connectivity index (χ1) is 9.29. The quantitative estimate of drug-likeness (QED) is 0.776. The Morgan fingerprint density at radius 3 is 2.74 bits per heavy atom. The second kappa shape index (κ2) is 6.65. The maximum absolute atomic E-state index is 11.9. The molecule has 0 fully saturated rings. The summed E-state index contributed by atoms with van der Waals surface area (Å²) in [6.45, 7) is 1.74. The smallest absolute Gasteiger partial charge is 0.251 e. The summed E-state index contributed by atoms with van der Waals surface area (Å²) in [6, 6.07) is 7.49. The normalized spacial score (nSPS) is 10.4. The minimum Gasteiger partial charge on any atom is -0.350 e. The first-order valence-corrected chi connectivity index (χ1v) is 6.21. The van der Waals surface area contributed by atoms with Crippen molar-refractivity contribution in [3.05, 3.63) is 47.8 Å². The molecule has 0 spiro atoms. The highest BCUT2D eigenvalue weighted by Crippen LogP contribution is 2.04. The van der Waals surface area contributed by atoms with Gasteiger partial charge in [0, 0.05) is 18.3 Å². The number of nitrogens with zero attached hydrogens (tertiary/aromatic N) is 3. The molecule has 0 radical (unpaired) electrons. The Hall–Kier alpha value is -2.21. The summed E-state index contributed by atoms with van der Waals surface area (Å²) in [5.41, 5.74) is 7.27. The molecule has 6 heteroatoms. The van der Waals surface area contributed by atoms with Crippen LogP contribution in [0.15, 0.2) is 36.7 Å². The lowest BCUT2D eigenvalue weighted by Crippen LogP contribution is -2.27. The first kappa shape index (κ1) is 13.2. The number of hydrogen-bond donors (Lipinski definition) is 2. The fourth-order valence-corrected chi connectivity index (χ4v) is 1.73. The molecule has 6 nitrogen and oxygen atoms in total. The zero-order valence-corrected chi connectivity index (χ0v) is 10.6. The largest absolute Gasteiger partial charge is 0.350 e. The molecule has 0 unspecified atom stereocenters. The highest BCUT2D eigenvalue weighted by Gasteiger charge is 2.04. The van der Waals surface area contributed by atoms with Crippen molar-refractivity contribution in [1.82, 2.24) is 20.3 Å². The van der Waals surface area contributed by atoms with Gasteiger partial charge >= 0.3 is 0 Å². The average Bonchev–Trinajstić information content (AvgIpc) is 2.93. The number of benzene rings is 1. The van der Waals surface area contributed by atoms with Crippen LogP contribution in [-0.4, -0.2) is 34.0 Å². The number of aromatic nitrogens is 3. The van der Waals surface area contributed by atoms with E-state index in [1.807, 2.05) is 24.3 Å². The van der Waals surface area contributed by atoms with Crippen LogP contribution >= 0.6 is 0 Å². The van der Waals surface area contributed by atoms with Gasteiger partial charge in [-0.2, -0.15) is 0 Å². The zero-order valence-electron chi connectivity index (χ0n) is 10.6. The molecule has 0 aliphatic rings. The van der Waals surface area contributed by atoms with Crippen LogP contribution in [0.3, 0.4) is 0 Å². The van der Waals surface area contributed by atoms with E-state index >= 15 is 0 Å². The summed E-state index contributed by atoms with van der Waals surface area (Å²) in [7, 11) is 0. The molecule has 1 aromatic heterocycles. The van der Waals surface area contributed by atoms with Gasteiger partial charge in [-0.05, 0) is 30.7 Å². The van der Waals surface area contributed by atoms with E-state index in [1.54, 1.807) is 17.1 Å². The van der Waals surface area contributed by atoms with E-state index in [2.05, 4.69) is 15.6 Å². The Morgan fingerprint density at radius 1 is 1.32 bits per heavy atom. The van der Waals surface area contributed by atoms with Gasteiger partial charge in [-0.15, -0.1) is 5.10 Å². The summed E-state index contributed by atoms with van der Waals surface area (Å²) in [6.07, 6.45) is 4.19. The lowest BCUT2D eigenvalue weighted by molar-refractivity contribution is 0.0952. The number of nitrogens with one attached hydrogen (secondary N) is 1. The van der Waals surface area contributed by atoms with Crippen molar-refractivity contribution in [2.45, 2.75) is 13.0 Å². The fraction of sp³-hybridized carbons (Fsp3) is 0.308. The Kier molecular flexibility index (Phi) is 4.63. The maximum atomic E-state index is 11.9. The van der Waals surface area contributed by atoms with E-state index in [0.717, 1.165) is 12.0 Å². The lowest BCUT2D eigenvalue weighted by atomic mass is 10.1. The van der Waals surface area contributed by atoms with Crippen molar-refractivity contribution in [1.29, 1.82) is 0 Å². The molecule has 0 atom stereocenters. The van der Waals surface area contributed by atoms with Crippen molar-refractivity contribution in [3.8, 4) is 0 Å². The third kappa shape index (κ3) is 3.89. The summed E-state index contributed by atoms with van der Waals surface area (Å²) < 4.78 is 1.67. The van der Waals surface area contributed by atoms with E-state index in [9.17, 15) is 4.79 Å². The maximum Gasteiger partial charge on any atom is 0.251 e. The molecule has 2 aromatic rings. The van der Waals surface area contributed by atoms with Gasteiger partial charge in [0.05, 0.1) is 12.7 Å². The number of carbonyl (C=O) groups is 1.